The fraction of sp³-hybridized carbons (Fsp3) is 0.300. The standard InChI is InChI=1S/C10H10BrNO2.C9H10BrNO2.CH2Br2/c1-7-4-8(2-3-9(7)11)12-6-14-5-10(12)13;1-6-4-7(2-3-8(6)10)11-9(13)5-12;2-1-3/h2-4H,5-6H2,1H3;2-4,12H,5H2,1H3,(H,11,13);1H2. The van der Waals surface area contributed by atoms with Gasteiger partial charge in [0.25, 0.3) is 5.91 Å². The molecule has 0 saturated carbocycles. The molecule has 1 saturated heterocycles. The van der Waals surface area contributed by atoms with Gasteiger partial charge in [0.2, 0.25) is 5.91 Å². The number of carbonyl (C=O) groups excluding carboxylic acids is 2. The molecule has 1 fully saturated rings. The maximum Gasteiger partial charge on any atom is 0.254 e. The summed E-state index contributed by atoms with van der Waals surface area (Å²) in [7, 11) is 0. The lowest BCUT2D eigenvalue weighted by Gasteiger charge is -2.14. The number of aliphatic hydroxyl groups is 1. The van der Waals surface area contributed by atoms with Crippen LogP contribution >= 0.6 is 63.7 Å². The Morgan fingerprint density at radius 3 is 2.13 bits per heavy atom. The minimum Gasteiger partial charge on any atom is -0.387 e. The third kappa shape index (κ3) is 9.15. The number of alkyl halides is 2. The van der Waals surface area contributed by atoms with E-state index in [0.717, 1.165) is 30.0 Å². The first kappa shape index (κ1) is 27.3. The molecule has 0 unspecified atom stereocenters. The van der Waals surface area contributed by atoms with Gasteiger partial charge in [-0.25, -0.2) is 0 Å². The van der Waals surface area contributed by atoms with Crippen LogP contribution in [0.5, 0.6) is 0 Å². The minimum atomic E-state index is -0.491. The van der Waals surface area contributed by atoms with Crippen molar-refractivity contribution >= 4 is 86.9 Å². The molecule has 3 rings (SSSR count). The molecular formula is C20H22Br4N2O4. The van der Waals surface area contributed by atoms with Gasteiger partial charge in [-0.15, -0.1) is 0 Å². The summed E-state index contributed by atoms with van der Waals surface area (Å²) in [6.07, 6.45) is 0. The van der Waals surface area contributed by atoms with Crippen LogP contribution in [-0.4, -0.2) is 41.1 Å². The molecule has 2 aromatic rings. The molecule has 6 nitrogen and oxygen atoms in total. The number of aliphatic hydroxyl groups excluding tert-OH is 1. The predicted octanol–water partition coefficient (Wildman–Crippen LogP) is 5.50. The van der Waals surface area contributed by atoms with Crippen LogP contribution in [0.3, 0.4) is 0 Å². The van der Waals surface area contributed by atoms with E-state index in [2.05, 4.69) is 69.0 Å². The van der Waals surface area contributed by atoms with Gasteiger partial charge in [-0.3, -0.25) is 14.5 Å². The van der Waals surface area contributed by atoms with Crippen LogP contribution in [0.15, 0.2) is 45.3 Å². The average molecular weight is 674 g/mol. The topological polar surface area (TPSA) is 78.9 Å². The first-order valence-electron chi connectivity index (χ1n) is 8.66. The summed E-state index contributed by atoms with van der Waals surface area (Å²) >= 11 is 12.9. The van der Waals surface area contributed by atoms with Crippen LogP contribution in [0.2, 0.25) is 0 Å². The molecule has 2 aromatic carbocycles. The highest BCUT2D eigenvalue weighted by atomic mass is 79.9. The highest BCUT2D eigenvalue weighted by Crippen LogP contribution is 2.24. The van der Waals surface area contributed by atoms with Gasteiger partial charge >= 0.3 is 0 Å². The van der Waals surface area contributed by atoms with Crippen LogP contribution in [0.4, 0.5) is 11.4 Å². The maximum absolute atomic E-state index is 11.4. The lowest BCUT2D eigenvalue weighted by Crippen LogP contribution is -2.24. The first-order chi connectivity index (χ1) is 14.2. The van der Waals surface area contributed by atoms with E-state index in [1.165, 1.54) is 0 Å². The minimum absolute atomic E-state index is 0.0201. The zero-order valence-corrected chi connectivity index (χ0v) is 22.8. The average Bonchev–Trinajstić information content (AvgIpc) is 3.14. The molecule has 0 aliphatic carbocycles. The summed E-state index contributed by atoms with van der Waals surface area (Å²) in [6, 6.07) is 11.3. The number of benzene rings is 2. The van der Waals surface area contributed by atoms with E-state index >= 15 is 0 Å². The monoisotopic (exact) mass is 670 g/mol. The van der Waals surface area contributed by atoms with Crippen LogP contribution in [0.25, 0.3) is 0 Å². The first-order valence-corrected chi connectivity index (χ1v) is 12.5. The summed E-state index contributed by atoms with van der Waals surface area (Å²) in [4.78, 5) is 23.8. The van der Waals surface area contributed by atoms with E-state index in [4.69, 9.17) is 9.84 Å². The Hall–Kier alpha value is -0.780. The lowest BCUT2D eigenvalue weighted by molar-refractivity contribution is -0.119. The van der Waals surface area contributed by atoms with Crippen molar-refractivity contribution in [3.8, 4) is 0 Å². The summed E-state index contributed by atoms with van der Waals surface area (Å²) in [5.41, 5.74) is 3.74. The smallest absolute Gasteiger partial charge is 0.254 e. The number of hydrogen-bond donors (Lipinski definition) is 2. The van der Waals surface area contributed by atoms with Gasteiger partial charge in [0.05, 0.1) is 4.24 Å². The molecule has 30 heavy (non-hydrogen) atoms. The molecule has 0 aromatic heterocycles. The molecule has 2 N–H and O–H groups in total. The molecule has 0 atom stereocenters. The van der Waals surface area contributed by atoms with Gasteiger partial charge in [0.1, 0.15) is 19.9 Å². The Labute approximate surface area is 209 Å². The number of amides is 2. The van der Waals surface area contributed by atoms with Crippen LogP contribution in [0, 0.1) is 13.8 Å². The van der Waals surface area contributed by atoms with Gasteiger partial charge in [-0.05, 0) is 61.4 Å². The van der Waals surface area contributed by atoms with Crippen molar-refractivity contribution in [1.82, 2.24) is 0 Å². The lowest BCUT2D eigenvalue weighted by atomic mass is 10.2. The van der Waals surface area contributed by atoms with Crippen LogP contribution in [0.1, 0.15) is 11.1 Å². The third-order valence-electron chi connectivity index (χ3n) is 3.79. The number of hydrogen-bond acceptors (Lipinski definition) is 4. The van der Waals surface area contributed by atoms with Crippen molar-refractivity contribution in [3.05, 3.63) is 56.5 Å². The van der Waals surface area contributed by atoms with Gasteiger partial charge in [-0.1, -0.05) is 63.7 Å². The highest BCUT2D eigenvalue weighted by molar-refractivity contribution is 9.24. The number of halogens is 4. The van der Waals surface area contributed by atoms with Crippen molar-refractivity contribution in [3.63, 3.8) is 0 Å². The van der Waals surface area contributed by atoms with Gasteiger partial charge < -0.3 is 15.2 Å². The second-order valence-corrected chi connectivity index (χ2v) is 10.3. The van der Waals surface area contributed by atoms with E-state index in [1.807, 2.05) is 44.2 Å². The fourth-order valence-corrected chi connectivity index (χ4v) is 2.81. The molecule has 2 amide bonds. The SMILES string of the molecule is BrCBr.Cc1cc(N2COCC2=O)ccc1Br.Cc1cc(NC(=O)CO)ccc1Br. The molecule has 1 heterocycles. The van der Waals surface area contributed by atoms with E-state index in [9.17, 15) is 9.59 Å². The zero-order chi connectivity index (χ0) is 22.7. The molecule has 1 aliphatic heterocycles. The van der Waals surface area contributed by atoms with E-state index in [0.29, 0.717) is 12.4 Å². The molecule has 0 radical (unpaired) electrons. The normalized spacial score (nSPS) is 12.5. The Bertz CT molecular complexity index is 865. The van der Waals surface area contributed by atoms with Crippen molar-refractivity contribution in [1.29, 1.82) is 0 Å². The summed E-state index contributed by atoms with van der Waals surface area (Å²) in [5, 5.41) is 11.0. The van der Waals surface area contributed by atoms with Crippen molar-refractivity contribution in [2.75, 3.05) is 34.4 Å². The zero-order valence-electron chi connectivity index (χ0n) is 16.4. The van der Waals surface area contributed by atoms with Crippen molar-refractivity contribution in [2.24, 2.45) is 0 Å². The second-order valence-electron chi connectivity index (χ2n) is 6.00. The number of aryl methyl sites for hydroxylation is 2. The largest absolute Gasteiger partial charge is 0.387 e. The number of rotatable bonds is 3. The molecule has 0 bridgehead atoms. The molecule has 0 spiro atoms. The summed E-state index contributed by atoms with van der Waals surface area (Å²) < 4.78 is 7.98. The Morgan fingerprint density at radius 1 is 1.10 bits per heavy atom. The van der Waals surface area contributed by atoms with Crippen molar-refractivity contribution in [2.45, 2.75) is 13.8 Å². The molecular weight excluding hydrogens is 652 g/mol. The van der Waals surface area contributed by atoms with E-state index in [1.54, 1.807) is 11.0 Å². The van der Waals surface area contributed by atoms with Crippen LogP contribution < -0.4 is 10.2 Å². The maximum atomic E-state index is 11.4. The number of nitrogens with one attached hydrogen (secondary N) is 1. The predicted molar refractivity (Wildman–Crippen MR) is 134 cm³/mol. The quantitative estimate of drug-likeness (QED) is 0.422. The van der Waals surface area contributed by atoms with Gasteiger partial charge in [-0.2, -0.15) is 0 Å². The number of anilines is 2. The Kier molecular flexibility index (Phi) is 13.0. The van der Waals surface area contributed by atoms with E-state index < -0.39 is 12.5 Å². The Balaban J connectivity index is 0.000000266. The Morgan fingerprint density at radius 2 is 1.67 bits per heavy atom. The molecule has 10 heteroatoms. The van der Waals surface area contributed by atoms with Crippen LogP contribution in [-0.2, 0) is 14.3 Å². The number of nitrogens with zero attached hydrogens (tertiary/aromatic N) is 1. The molecule has 164 valence electrons. The third-order valence-corrected chi connectivity index (χ3v) is 5.56. The number of ether oxygens (including phenoxy) is 1. The van der Waals surface area contributed by atoms with E-state index in [-0.39, 0.29) is 12.5 Å². The summed E-state index contributed by atoms with van der Waals surface area (Å²) in [6.45, 7) is 3.98. The van der Waals surface area contributed by atoms with Gasteiger partial charge in [0.15, 0.2) is 0 Å². The highest BCUT2D eigenvalue weighted by Gasteiger charge is 2.22. The molecule has 1 aliphatic rings. The summed E-state index contributed by atoms with van der Waals surface area (Å²) in [5.74, 6) is -0.381. The van der Waals surface area contributed by atoms with Crippen molar-refractivity contribution < 1.29 is 19.4 Å². The van der Waals surface area contributed by atoms with Gasteiger partial charge in [0, 0.05) is 20.3 Å². The number of carbonyl (C=O) groups is 2. The fourth-order valence-electron chi connectivity index (χ4n) is 2.31. The second kappa shape index (κ2) is 14.3.